The molecule has 0 unspecified atom stereocenters. The standard InChI is InChI=1S/C20H19N3O/c1-23(14-11-16-9-12-21-13-10-16)20(24)18-7-8-19(22-15-18)17-5-3-2-4-6-17/h2-10,12-13,15H,11,14H2,1H3. The summed E-state index contributed by atoms with van der Waals surface area (Å²) in [6.45, 7) is 0.656. The van der Waals surface area contributed by atoms with Crippen molar-refractivity contribution in [3.8, 4) is 11.3 Å². The van der Waals surface area contributed by atoms with Crippen LogP contribution in [0.1, 0.15) is 15.9 Å². The fourth-order valence-corrected chi connectivity index (χ4v) is 2.47. The summed E-state index contributed by atoms with van der Waals surface area (Å²) in [5, 5.41) is 0. The molecule has 0 aliphatic heterocycles. The second-order valence-corrected chi connectivity index (χ2v) is 5.63. The Kier molecular flexibility index (Phi) is 4.96. The van der Waals surface area contributed by atoms with Gasteiger partial charge < -0.3 is 4.90 Å². The van der Waals surface area contributed by atoms with Gasteiger partial charge >= 0.3 is 0 Å². The molecule has 0 saturated heterocycles. The topological polar surface area (TPSA) is 46.1 Å². The van der Waals surface area contributed by atoms with Crippen LogP contribution >= 0.6 is 0 Å². The maximum absolute atomic E-state index is 12.5. The number of carbonyl (C=O) groups excluding carboxylic acids is 1. The molecule has 0 fully saturated rings. The van der Waals surface area contributed by atoms with E-state index in [1.54, 1.807) is 23.5 Å². The van der Waals surface area contributed by atoms with Crippen LogP contribution in [0.5, 0.6) is 0 Å². The first kappa shape index (κ1) is 15.9. The number of hydrogen-bond donors (Lipinski definition) is 0. The van der Waals surface area contributed by atoms with Gasteiger partial charge in [-0.1, -0.05) is 30.3 Å². The summed E-state index contributed by atoms with van der Waals surface area (Å²) in [4.78, 5) is 22.6. The van der Waals surface area contributed by atoms with E-state index < -0.39 is 0 Å². The molecule has 0 aliphatic carbocycles. The molecular weight excluding hydrogens is 298 g/mol. The number of likely N-dealkylation sites (N-methyl/N-ethyl adjacent to an activating group) is 1. The van der Waals surface area contributed by atoms with Gasteiger partial charge in [0.2, 0.25) is 0 Å². The van der Waals surface area contributed by atoms with Crippen LogP contribution in [0.2, 0.25) is 0 Å². The molecule has 2 aromatic heterocycles. The van der Waals surface area contributed by atoms with Crippen LogP contribution in [0.25, 0.3) is 11.3 Å². The normalized spacial score (nSPS) is 10.4. The van der Waals surface area contributed by atoms with Crippen LogP contribution in [0.4, 0.5) is 0 Å². The molecule has 0 saturated carbocycles. The third-order valence-electron chi connectivity index (χ3n) is 3.91. The van der Waals surface area contributed by atoms with E-state index >= 15 is 0 Å². The number of benzene rings is 1. The van der Waals surface area contributed by atoms with Gasteiger partial charge in [-0.15, -0.1) is 0 Å². The van der Waals surface area contributed by atoms with E-state index in [0.717, 1.165) is 17.7 Å². The van der Waals surface area contributed by atoms with Gasteiger partial charge in [-0.3, -0.25) is 14.8 Å². The van der Waals surface area contributed by atoms with Gasteiger partial charge in [0, 0.05) is 37.7 Å². The molecule has 0 bridgehead atoms. The van der Waals surface area contributed by atoms with Gasteiger partial charge in [-0.2, -0.15) is 0 Å². The fraction of sp³-hybridized carbons (Fsp3) is 0.150. The molecule has 3 aromatic rings. The smallest absolute Gasteiger partial charge is 0.255 e. The fourth-order valence-electron chi connectivity index (χ4n) is 2.47. The van der Waals surface area contributed by atoms with E-state index in [9.17, 15) is 4.79 Å². The number of pyridine rings is 2. The van der Waals surface area contributed by atoms with Crippen molar-refractivity contribution < 1.29 is 4.79 Å². The van der Waals surface area contributed by atoms with Crippen molar-refractivity contribution in [3.05, 3.63) is 84.3 Å². The van der Waals surface area contributed by atoms with Crippen LogP contribution in [-0.4, -0.2) is 34.4 Å². The molecule has 0 aliphatic rings. The Morgan fingerprint density at radius 2 is 1.75 bits per heavy atom. The number of nitrogens with zero attached hydrogens (tertiary/aromatic N) is 3. The first-order valence-electron chi connectivity index (χ1n) is 7.90. The maximum atomic E-state index is 12.5. The highest BCUT2D eigenvalue weighted by Crippen LogP contribution is 2.16. The predicted octanol–water partition coefficient (Wildman–Crippen LogP) is 3.46. The van der Waals surface area contributed by atoms with E-state index in [0.29, 0.717) is 12.1 Å². The number of carbonyl (C=O) groups is 1. The average molecular weight is 317 g/mol. The minimum Gasteiger partial charge on any atom is -0.341 e. The van der Waals surface area contributed by atoms with E-state index in [1.807, 2.05) is 61.6 Å². The molecule has 0 spiro atoms. The Balaban J connectivity index is 1.64. The zero-order valence-electron chi connectivity index (χ0n) is 13.6. The summed E-state index contributed by atoms with van der Waals surface area (Å²) >= 11 is 0. The Bertz CT molecular complexity index is 786. The minimum absolute atomic E-state index is 0.0174. The molecule has 1 aromatic carbocycles. The Morgan fingerprint density at radius 3 is 2.42 bits per heavy atom. The van der Waals surface area contributed by atoms with Crippen molar-refractivity contribution in [2.45, 2.75) is 6.42 Å². The SMILES string of the molecule is CN(CCc1ccncc1)C(=O)c1ccc(-c2ccccc2)nc1. The van der Waals surface area contributed by atoms with Crippen LogP contribution in [0.15, 0.2) is 73.2 Å². The lowest BCUT2D eigenvalue weighted by atomic mass is 10.1. The molecule has 24 heavy (non-hydrogen) atoms. The highest BCUT2D eigenvalue weighted by molar-refractivity contribution is 5.94. The Morgan fingerprint density at radius 1 is 1.00 bits per heavy atom. The lowest BCUT2D eigenvalue weighted by Gasteiger charge is -2.17. The highest BCUT2D eigenvalue weighted by Gasteiger charge is 2.12. The summed E-state index contributed by atoms with van der Waals surface area (Å²) in [6.07, 6.45) is 5.99. The van der Waals surface area contributed by atoms with Crippen molar-refractivity contribution in [2.75, 3.05) is 13.6 Å². The number of rotatable bonds is 5. The average Bonchev–Trinajstić information content (AvgIpc) is 2.67. The zero-order chi connectivity index (χ0) is 16.8. The largest absolute Gasteiger partial charge is 0.341 e. The van der Waals surface area contributed by atoms with E-state index in [4.69, 9.17) is 0 Å². The van der Waals surface area contributed by atoms with E-state index in [1.165, 1.54) is 5.56 Å². The monoisotopic (exact) mass is 317 g/mol. The summed E-state index contributed by atoms with van der Waals surface area (Å²) in [6, 6.07) is 17.6. The quantitative estimate of drug-likeness (QED) is 0.724. The summed E-state index contributed by atoms with van der Waals surface area (Å²) in [5.74, 6) is -0.0174. The highest BCUT2D eigenvalue weighted by atomic mass is 16.2. The third-order valence-corrected chi connectivity index (χ3v) is 3.91. The molecule has 3 rings (SSSR count). The number of aromatic nitrogens is 2. The second-order valence-electron chi connectivity index (χ2n) is 5.63. The molecule has 0 radical (unpaired) electrons. The molecule has 120 valence electrons. The van der Waals surface area contributed by atoms with Crippen LogP contribution in [-0.2, 0) is 6.42 Å². The van der Waals surface area contributed by atoms with Crippen LogP contribution < -0.4 is 0 Å². The van der Waals surface area contributed by atoms with Crippen molar-refractivity contribution in [1.82, 2.24) is 14.9 Å². The van der Waals surface area contributed by atoms with Crippen molar-refractivity contribution in [1.29, 1.82) is 0 Å². The molecule has 1 amide bonds. The molecule has 2 heterocycles. The van der Waals surface area contributed by atoms with Crippen molar-refractivity contribution >= 4 is 5.91 Å². The van der Waals surface area contributed by atoms with Gasteiger partial charge in [0.1, 0.15) is 0 Å². The molecule has 0 atom stereocenters. The van der Waals surface area contributed by atoms with Gasteiger partial charge in [0.25, 0.3) is 5.91 Å². The third kappa shape index (κ3) is 3.84. The zero-order valence-corrected chi connectivity index (χ0v) is 13.6. The van der Waals surface area contributed by atoms with Crippen molar-refractivity contribution in [3.63, 3.8) is 0 Å². The van der Waals surface area contributed by atoms with Crippen LogP contribution in [0, 0.1) is 0 Å². The molecular formula is C20H19N3O. The summed E-state index contributed by atoms with van der Waals surface area (Å²) < 4.78 is 0. The summed E-state index contributed by atoms with van der Waals surface area (Å²) in [7, 11) is 1.81. The number of hydrogen-bond acceptors (Lipinski definition) is 3. The summed E-state index contributed by atoms with van der Waals surface area (Å²) in [5.41, 5.74) is 3.68. The molecule has 4 heteroatoms. The second kappa shape index (κ2) is 7.51. The van der Waals surface area contributed by atoms with Gasteiger partial charge in [0.15, 0.2) is 0 Å². The van der Waals surface area contributed by atoms with Gasteiger partial charge in [0.05, 0.1) is 11.3 Å². The van der Waals surface area contributed by atoms with Crippen LogP contribution in [0.3, 0.4) is 0 Å². The van der Waals surface area contributed by atoms with E-state index in [-0.39, 0.29) is 5.91 Å². The Labute approximate surface area is 141 Å². The molecule has 4 nitrogen and oxygen atoms in total. The lowest BCUT2D eigenvalue weighted by molar-refractivity contribution is 0.0796. The lowest BCUT2D eigenvalue weighted by Crippen LogP contribution is -2.28. The molecule has 0 N–H and O–H groups in total. The van der Waals surface area contributed by atoms with E-state index in [2.05, 4.69) is 9.97 Å². The van der Waals surface area contributed by atoms with Crippen molar-refractivity contribution in [2.24, 2.45) is 0 Å². The maximum Gasteiger partial charge on any atom is 0.255 e. The minimum atomic E-state index is -0.0174. The predicted molar refractivity (Wildman–Crippen MR) is 94.6 cm³/mol. The van der Waals surface area contributed by atoms with Gasteiger partial charge in [-0.05, 0) is 36.2 Å². The first-order valence-corrected chi connectivity index (χ1v) is 7.90. The van der Waals surface area contributed by atoms with Gasteiger partial charge in [-0.25, -0.2) is 0 Å². The first-order chi connectivity index (χ1) is 11.7. The number of amides is 1. The Hall–Kier alpha value is -3.01.